The van der Waals surface area contributed by atoms with Gasteiger partial charge in [0.05, 0.1) is 6.10 Å². The van der Waals surface area contributed by atoms with Crippen LogP contribution in [0.25, 0.3) is 0 Å². The molecule has 3 N–H and O–H groups in total. The average molecular weight is 234 g/mol. The second-order valence-corrected chi connectivity index (χ2v) is 4.43. The minimum Gasteiger partial charge on any atom is -0.392 e. The van der Waals surface area contributed by atoms with Crippen molar-refractivity contribution in [3.8, 4) is 0 Å². The summed E-state index contributed by atoms with van der Waals surface area (Å²) in [6.45, 7) is 2.76. The Morgan fingerprint density at radius 1 is 1.59 bits per heavy atom. The normalized spacial score (nSPS) is 20.5. The van der Waals surface area contributed by atoms with Crippen LogP contribution in [0.15, 0.2) is 24.3 Å². The molecule has 1 aromatic rings. The van der Waals surface area contributed by atoms with E-state index in [2.05, 4.69) is 16.7 Å². The van der Waals surface area contributed by atoms with Crippen LogP contribution < -0.4 is 10.6 Å². The highest BCUT2D eigenvalue weighted by Gasteiger charge is 2.25. The van der Waals surface area contributed by atoms with E-state index in [1.165, 1.54) is 5.56 Å². The van der Waals surface area contributed by atoms with E-state index in [9.17, 15) is 4.79 Å². The summed E-state index contributed by atoms with van der Waals surface area (Å²) in [5, 5.41) is 15.1. The standard InChI is InChI=1S/C13H18N2O2/c1-9(16)8-15-13(17)12-11-5-3-2-4-10(11)6-7-14-12/h2-5,9,12,14,16H,6-8H2,1H3,(H,15,17). The maximum absolute atomic E-state index is 12.0. The molecule has 17 heavy (non-hydrogen) atoms. The Morgan fingerprint density at radius 3 is 3.12 bits per heavy atom. The Labute approximate surface area is 101 Å². The van der Waals surface area contributed by atoms with Crippen molar-refractivity contribution in [2.24, 2.45) is 0 Å². The molecule has 0 radical (unpaired) electrons. The summed E-state index contributed by atoms with van der Waals surface area (Å²) in [6.07, 6.45) is 0.439. The maximum Gasteiger partial charge on any atom is 0.241 e. The van der Waals surface area contributed by atoms with E-state index >= 15 is 0 Å². The van der Waals surface area contributed by atoms with Gasteiger partial charge in [0, 0.05) is 13.1 Å². The van der Waals surface area contributed by atoms with E-state index in [4.69, 9.17) is 5.11 Å². The molecular weight excluding hydrogens is 216 g/mol. The number of carbonyl (C=O) groups is 1. The number of aliphatic hydroxyl groups is 1. The van der Waals surface area contributed by atoms with Crippen molar-refractivity contribution < 1.29 is 9.90 Å². The molecule has 0 aromatic heterocycles. The van der Waals surface area contributed by atoms with Gasteiger partial charge in [-0.2, -0.15) is 0 Å². The Bertz CT molecular complexity index is 404. The Kier molecular flexibility index (Phi) is 3.76. The van der Waals surface area contributed by atoms with Gasteiger partial charge >= 0.3 is 0 Å². The van der Waals surface area contributed by atoms with E-state index in [0.717, 1.165) is 18.5 Å². The van der Waals surface area contributed by atoms with E-state index < -0.39 is 6.10 Å². The fraction of sp³-hybridized carbons (Fsp3) is 0.462. The van der Waals surface area contributed by atoms with Crippen molar-refractivity contribution in [3.05, 3.63) is 35.4 Å². The Balaban J connectivity index is 2.10. The molecule has 4 heteroatoms. The van der Waals surface area contributed by atoms with Crippen molar-refractivity contribution in [2.75, 3.05) is 13.1 Å². The third-order valence-electron chi connectivity index (χ3n) is 2.94. The number of carbonyl (C=O) groups excluding carboxylic acids is 1. The highest BCUT2D eigenvalue weighted by Crippen LogP contribution is 2.22. The van der Waals surface area contributed by atoms with Gasteiger partial charge in [0.1, 0.15) is 6.04 Å². The van der Waals surface area contributed by atoms with Crippen molar-refractivity contribution in [1.82, 2.24) is 10.6 Å². The number of amides is 1. The second-order valence-electron chi connectivity index (χ2n) is 4.43. The summed E-state index contributed by atoms with van der Waals surface area (Å²) in [4.78, 5) is 12.0. The van der Waals surface area contributed by atoms with Crippen LogP contribution >= 0.6 is 0 Å². The van der Waals surface area contributed by atoms with Crippen molar-refractivity contribution >= 4 is 5.91 Å². The zero-order valence-corrected chi connectivity index (χ0v) is 9.94. The summed E-state index contributed by atoms with van der Waals surface area (Å²) < 4.78 is 0. The van der Waals surface area contributed by atoms with E-state index in [0.29, 0.717) is 6.54 Å². The third-order valence-corrected chi connectivity index (χ3v) is 2.94. The fourth-order valence-corrected chi connectivity index (χ4v) is 2.09. The number of hydrogen-bond acceptors (Lipinski definition) is 3. The summed E-state index contributed by atoms with van der Waals surface area (Å²) in [5.41, 5.74) is 2.27. The van der Waals surface area contributed by atoms with Crippen molar-refractivity contribution in [3.63, 3.8) is 0 Å². The van der Waals surface area contributed by atoms with Crippen LogP contribution in [-0.4, -0.2) is 30.2 Å². The van der Waals surface area contributed by atoms with Gasteiger partial charge in [0.2, 0.25) is 5.91 Å². The first kappa shape index (κ1) is 12.1. The van der Waals surface area contributed by atoms with Gasteiger partial charge in [0.25, 0.3) is 0 Å². The third kappa shape index (κ3) is 2.84. The molecule has 1 aromatic carbocycles. The van der Waals surface area contributed by atoms with Crippen LogP contribution in [0.3, 0.4) is 0 Å². The number of nitrogens with one attached hydrogen (secondary N) is 2. The minimum absolute atomic E-state index is 0.0712. The van der Waals surface area contributed by atoms with Crippen LogP contribution in [0, 0.1) is 0 Å². The van der Waals surface area contributed by atoms with Crippen LogP contribution in [0.1, 0.15) is 24.1 Å². The molecule has 0 fully saturated rings. The fourth-order valence-electron chi connectivity index (χ4n) is 2.09. The second kappa shape index (κ2) is 5.29. The lowest BCUT2D eigenvalue weighted by atomic mass is 9.94. The lowest BCUT2D eigenvalue weighted by Gasteiger charge is -2.26. The molecule has 0 saturated heterocycles. The van der Waals surface area contributed by atoms with Crippen molar-refractivity contribution in [2.45, 2.75) is 25.5 Å². The molecule has 1 amide bonds. The molecule has 0 aliphatic carbocycles. The van der Waals surface area contributed by atoms with Crippen LogP contribution in [-0.2, 0) is 11.2 Å². The minimum atomic E-state index is -0.516. The smallest absolute Gasteiger partial charge is 0.241 e. The van der Waals surface area contributed by atoms with Gasteiger partial charge in [-0.3, -0.25) is 4.79 Å². The number of aliphatic hydroxyl groups excluding tert-OH is 1. The summed E-state index contributed by atoms with van der Waals surface area (Å²) in [5.74, 6) is -0.0712. The predicted molar refractivity (Wildman–Crippen MR) is 65.6 cm³/mol. The summed E-state index contributed by atoms with van der Waals surface area (Å²) in [7, 11) is 0. The number of hydrogen-bond donors (Lipinski definition) is 3. The van der Waals surface area contributed by atoms with Crippen molar-refractivity contribution in [1.29, 1.82) is 0 Å². The molecule has 1 heterocycles. The molecule has 2 unspecified atom stereocenters. The van der Waals surface area contributed by atoms with Crippen LogP contribution in [0.2, 0.25) is 0 Å². The number of benzene rings is 1. The molecule has 1 aliphatic heterocycles. The Hall–Kier alpha value is -1.39. The molecule has 0 bridgehead atoms. The lowest BCUT2D eigenvalue weighted by molar-refractivity contribution is -0.123. The average Bonchev–Trinajstić information content (AvgIpc) is 2.35. The summed E-state index contributed by atoms with van der Waals surface area (Å²) in [6, 6.07) is 7.69. The molecule has 2 rings (SSSR count). The first-order valence-electron chi connectivity index (χ1n) is 5.95. The van der Waals surface area contributed by atoms with Gasteiger partial charge in [-0.1, -0.05) is 24.3 Å². The molecule has 92 valence electrons. The largest absolute Gasteiger partial charge is 0.392 e. The topological polar surface area (TPSA) is 61.4 Å². The zero-order valence-electron chi connectivity index (χ0n) is 9.94. The van der Waals surface area contributed by atoms with E-state index in [1.807, 2.05) is 18.2 Å². The Morgan fingerprint density at radius 2 is 2.35 bits per heavy atom. The lowest BCUT2D eigenvalue weighted by Crippen LogP contribution is -2.43. The maximum atomic E-state index is 12.0. The molecule has 0 saturated carbocycles. The van der Waals surface area contributed by atoms with E-state index in [1.54, 1.807) is 6.92 Å². The number of fused-ring (bicyclic) bond motifs is 1. The molecular formula is C13H18N2O2. The highest BCUT2D eigenvalue weighted by atomic mass is 16.3. The van der Waals surface area contributed by atoms with Gasteiger partial charge in [-0.15, -0.1) is 0 Å². The van der Waals surface area contributed by atoms with E-state index in [-0.39, 0.29) is 11.9 Å². The van der Waals surface area contributed by atoms with Crippen LogP contribution in [0.4, 0.5) is 0 Å². The van der Waals surface area contributed by atoms with Gasteiger partial charge in [-0.25, -0.2) is 0 Å². The summed E-state index contributed by atoms with van der Waals surface area (Å²) >= 11 is 0. The van der Waals surface area contributed by atoms with Gasteiger partial charge in [-0.05, 0) is 24.5 Å². The highest BCUT2D eigenvalue weighted by molar-refractivity contribution is 5.83. The zero-order chi connectivity index (χ0) is 12.3. The van der Waals surface area contributed by atoms with Gasteiger partial charge < -0.3 is 15.7 Å². The monoisotopic (exact) mass is 234 g/mol. The quantitative estimate of drug-likeness (QED) is 0.708. The SMILES string of the molecule is CC(O)CNC(=O)C1NCCc2ccccc21. The van der Waals surface area contributed by atoms with Gasteiger partial charge in [0.15, 0.2) is 0 Å². The van der Waals surface area contributed by atoms with Crippen LogP contribution in [0.5, 0.6) is 0 Å². The molecule has 2 atom stereocenters. The molecule has 0 spiro atoms. The molecule has 1 aliphatic rings. The predicted octanol–water partition coefficient (Wildman–Crippen LogP) is 0.370. The number of rotatable bonds is 3. The first-order chi connectivity index (χ1) is 8.18. The first-order valence-corrected chi connectivity index (χ1v) is 5.95. The molecule has 4 nitrogen and oxygen atoms in total.